The SMILES string of the molecule is COC(=O)CCC(C)C1CC[C@H]2[C@@H]3C(O)C[C@@H]4C[C@H](OC(=O)Cl)CCC4(C)C3CC(O)C12C. The Balaban J connectivity index is 1.54. The van der Waals surface area contributed by atoms with Gasteiger partial charge in [0, 0.05) is 18.0 Å². The van der Waals surface area contributed by atoms with Crippen molar-refractivity contribution in [2.45, 2.75) is 96.9 Å². The van der Waals surface area contributed by atoms with Gasteiger partial charge in [-0.2, -0.15) is 0 Å². The molecule has 0 heterocycles. The van der Waals surface area contributed by atoms with Crippen molar-refractivity contribution in [2.75, 3.05) is 7.11 Å². The van der Waals surface area contributed by atoms with E-state index in [-0.39, 0.29) is 46.6 Å². The molecule has 4 rings (SSSR count). The number of aliphatic hydroxyl groups excluding tert-OH is 2. The molecule has 0 aromatic carbocycles. The maximum absolute atomic E-state index is 11.7. The highest BCUT2D eigenvalue weighted by Gasteiger charge is 2.65. The Morgan fingerprint density at radius 3 is 2.48 bits per heavy atom. The van der Waals surface area contributed by atoms with Crippen molar-refractivity contribution < 1.29 is 29.3 Å². The number of carbonyl (C=O) groups is 2. The van der Waals surface area contributed by atoms with Gasteiger partial charge in [0.25, 0.3) is 0 Å². The number of ether oxygens (including phenoxy) is 2. The lowest BCUT2D eigenvalue weighted by Gasteiger charge is -2.63. The summed E-state index contributed by atoms with van der Waals surface area (Å²) in [4.78, 5) is 23.0. The van der Waals surface area contributed by atoms with Crippen molar-refractivity contribution in [2.24, 2.45) is 46.3 Å². The summed E-state index contributed by atoms with van der Waals surface area (Å²) in [5.41, 5.74) is -0.970. The molecule has 4 fully saturated rings. The highest BCUT2D eigenvalue weighted by molar-refractivity contribution is 6.61. The average molecular weight is 485 g/mol. The third-order valence-electron chi connectivity index (χ3n) is 10.8. The van der Waals surface area contributed by atoms with Crippen LogP contribution in [0.3, 0.4) is 0 Å². The third kappa shape index (κ3) is 4.23. The number of carbonyl (C=O) groups excluding carboxylic acids is 2. The number of rotatable bonds is 5. The Hall–Kier alpha value is -0.850. The van der Waals surface area contributed by atoms with Gasteiger partial charge in [0.15, 0.2) is 0 Å². The number of methoxy groups -OCH3 is 1. The molecule has 4 aliphatic carbocycles. The number of hydrogen-bond donors (Lipinski definition) is 2. The first-order valence-electron chi connectivity index (χ1n) is 12.8. The van der Waals surface area contributed by atoms with Crippen LogP contribution in [0.4, 0.5) is 4.79 Å². The van der Waals surface area contributed by atoms with E-state index < -0.39 is 17.6 Å². The van der Waals surface area contributed by atoms with E-state index in [4.69, 9.17) is 21.1 Å². The van der Waals surface area contributed by atoms with Gasteiger partial charge in [0.1, 0.15) is 6.10 Å². The molecule has 0 aliphatic heterocycles. The van der Waals surface area contributed by atoms with Crippen molar-refractivity contribution in [1.29, 1.82) is 0 Å². The summed E-state index contributed by atoms with van der Waals surface area (Å²) in [7, 11) is 1.43. The van der Waals surface area contributed by atoms with E-state index in [0.29, 0.717) is 24.7 Å². The maximum atomic E-state index is 11.7. The van der Waals surface area contributed by atoms with Crippen molar-refractivity contribution in [1.82, 2.24) is 0 Å². The normalized spacial score (nSPS) is 47.6. The van der Waals surface area contributed by atoms with E-state index in [1.54, 1.807) is 0 Å². The molecule has 4 aliphatic rings. The zero-order valence-electron chi connectivity index (χ0n) is 20.5. The minimum Gasteiger partial charge on any atom is -0.469 e. The summed E-state index contributed by atoms with van der Waals surface area (Å²) < 4.78 is 10.1. The quantitative estimate of drug-likeness (QED) is 0.425. The van der Waals surface area contributed by atoms with Crippen LogP contribution in [0.25, 0.3) is 0 Å². The van der Waals surface area contributed by atoms with E-state index in [2.05, 4.69) is 20.8 Å². The minimum absolute atomic E-state index is 0.0238. The predicted molar refractivity (Wildman–Crippen MR) is 125 cm³/mol. The van der Waals surface area contributed by atoms with E-state index in [1.165, 1.54) is 7.11 Å². The van der Waals surface area contributed by atoms with Crippen LogP contribution in [0.2, 0.25) is 0 Å². The predicted octanol–water partition coefficient (Wildman–Crippen LogP) is 4.92. The summed E-state index contributed by atoms with van der Waals surface area (Å²) in [6, 6.07) is 0. The number of halogens is 1. The van der Waals surface area contributed by atoms with Crippen LogP contribution in [-0.4, -0.2) is 47.0 Å². The van der Waals surface area contributed by atoms with Gasteiger partial charge in [-0.05, 0) is 97.7 Å². The Kier molecular flexibility index (Phi) is 7.12. The van der Waals surface area contributed by atoms with Gasteiger partial charge >= 0.3 is 11.4 Å². The largest absolute Gasteiger partial charge is 0.469 e. The standard InChI is InChI=1S/C26H41ClO6/c1-14(5-8-22(30)32-4)17-6-7-18-23-19(13-21(29)26(17,18)3)25(2)10-9-16(33-24(27)31)11-15(25)12-20(23)28/h14-21,23,28-29H,5-13H2,1-4H3/t14?,15-,16+,17?,18-,19?,20?,21?,23-,25?,26?/m0/s1. The summed E-state index contributed by atoms with van der Waals surface area (Å²) in [6.45, 7) is 6.78. The van der Waals surface area contributed by atoms with Crippen LogP contribution in [0.15, 0.2) is 0 Å². The van der Waals surface area contributed by atoms with Crippen LogP contribution in [0.1, 0.15) is 78.6 Å². The second-order valence-electron chi connectivity index (χ2n) is 11.9. The fourth-order valence-electron chi connectivity index (χ4n) is 9.00. The molecule has 0 radical (unpaired) electrons. The Morgan fingerprint density at radius 1 is 1.09 bits per heavy atom. The van der Waals surface area contributed by atoms with E-state index in [9.17, 15) is 19.8 Å². The summed E-state index contributed by atoms with van der Waals surface area (Å²) in [5.74, 6) is 1.46. The number of fused-ring (bicyclic) bond motifs is 5. The molecule has 0 saturated heterocycles. The zero-order chi connectivity index (χ0) is 24.1. The highest BCUT2D eigenvalue weighted by Crippen LogP contribution is 2.68. The fraction of sp³-hybridized carbons (Fsp3) is 0.923. The lowest BCUT2D eigenvalue weighted by Crippen LogP contribution is -2.62. The molecular weight excluding hydrogens is 444 g/mol. The van der Waals surface area contributed by atoms with Gasteiger partial charge in [0.2, 0.25) is 0 Å². The molecule has 0 aromatic heterocycles. The molecule has 0 aromatic rings. The molecule has 188 valence electrons. The molecule has 6 nitrogen and oxygen atoms in total. The van der Waals surface area contributed by atoms with Crippen molar-refractivity contribution in [3.05, 3.63) is 0 Å². The van der Waals surface area contributed by atoms with Gasteiger partial charge in [-0.1, -0.05) is 20.8 Å². The molecule has 0 bridgehead atoms. The molecule has 2 N–H and O–H groups in total. The zero-order valence-corrected chi connectivity index (χ0v) is 21.2. The average Bonchev–Trinajstić information content (AvgIpc) is 3.11. The first-order chi connectivity index (χ1) is 15.5. The van der Waals surface area contributed by atoms with Crippen molar-refractivity contribution in [3.8, 4) is 0 Å². The van der Waals surface area contributed by atoms with Gasteiger partial charge in [-0.15, -0.1) is 0 Å². The van der Waals surface area contributed by atoms with Crippen molar-refractivity contribution in [3.63, 3.8) is 0 Å². The Morgan fingerprint density at radius 2 is 1.82 bits per heavy atom. The van der Waals surface area contributed by atoms with Crippen LogP contribution in [0.5, 0.6) is 0 Å². The maximum Gasteiger partial charge on any atom is 0.404 e. The van der Waals surface area contributed by atoms with Gasteiger partial charge in [-0.3, -0.25) is 4.79 Å². The molecule has 0 amide bonds. The van der Waals surface area contributed by atoms with E-state index in [0.717, 1.165) is 44.9 Å². The summed E-state index contributed by atoms with van der Waals surface area (Å²) in [6.07, 6.45) is 6.11. The van der Waals surface area contributed by atoms with Crippen LogP contribution >= 0.6 is 11.6 Å². The first-order valence-corrected chi connectivity index (χ1v) is 13.2. The topological polar surface area (TPSA) is 93.1 Å². The fourth-order valence-corrected chi connectivity index (χ4v) is 9.13. The molecular formula is C26H41ClO6. The minimum atomic E-state index is -0.750. The molecule has 7 unspecified atom stereocenters. The summed E-state index contributed by atoms with van der Waals surface area (Å²) >= 11 is 5.47. The monoisotopic (exact) mass is 484 g/mol. The smallest absolute Gasteiger partial charge is 0.404 e. The van der Waals surface area contributed by atoms with Crippen LogP contribution < -0.4 is 0 Å². The molecule has 4 saturated carbocycles. The number of aliphatic hydroxyl groups is 2. The molecule has 33 heavy (non-hydrogen) atoms. The van der Waals surface area contributed by atoms with Crippen molar-refractivity contribution >= 4 is 23.0 Å². The highest BCUT2D eigenvalue weighted by atomic mass is 35.5. The summed E-state index contributed by atoms with van der Waals surface area (Å²) in [5, 5.41) is 23.1. The lowest BCUT2D eigenvalue weighted by molar-refractivity contribution is -0.206. The van der Waals surface area contributed by atoms with E-state index >= 15 is 0 Å². The third-order valence-corrected chi connectivity index (χ3v) is 10.9. The van der Waals surface area contributed by atoms with Crippen LogP contribution in [0, 0.1) is 46.3 Å². The Bertz CT molecular complexity index is 759. The number of esters is 1. The molecule has 0 spiro atoms. The van der Waals surface area contributed by atoms with Gasteiger partial charge < -0.3 is 19.7 Å². The molecule has 7 heteroatoms. The second-order valence-corrected chi connectivity index (χ2v) is 12.3. The van der Waals surface area contributed by atoms with Crippen LogP contribution in [-0.2, 0) is 14.3 Å². The number of hydrogen-bond acceptors (Lipinski definition) is 6. The van der Waals surface area contributed by atoms with E-state index in [1.807, 2.05) is 0 Å². The van der Waals surface area contributed by atoms with Gasteiger partial charge in [0.05, 0.1) is 19.3 Å². The lowest BCUT2D eigenvalue weighted by atomic mass is 9.43. The van der Waals surface area contributed by atoms with Gasteiger partial charge in [-0.25, -0.2) is 4.79 Å². The Labute approximate surface area is 202 Å². The second kappa shape index (κ2) is 9.31. The molecule has 11 atom stereocenters. The first kappa shape index (κ1) is 25.2.